The van der Waals surface area contributed by atoms with Gasteiger partial charge in [0.05, 0.1) is 11.1 Å². The Hall–Kier alpha value is -6.44. The molecular formula is C63H55N. The third-order valence-corrected chi connectivity index (χ3v) is 16.8. The number of anilines is 3. The van der Waals surface area contributed by atoms with Gasteiger partial charge >= 0.3 is 0 Å². The number of hydrogen-bond donors (Lipinski definition) is 0. The van der Waals surface area contributed by atoms with Gasteiger partial charge in [0.15, 0.2) is 0 Å². The molecule has 0 atom stereocenters. The first kappa shape index (κ1) is 38.1. The number of rotatable bonds is 7. The van der Waals surface area contributed by atoms with Crippen LogP contribution in [0.15, 0.2) is 188 Å². The molecule has 0 unspecified atom stereocenters. The highest BCUT2D eigenvalue weighted by Gasteiger charge is 2.52. The summed E-state index contributed by atoms with van der Waals surface area (Å²) in [5.41, 5.74) is 22.1. The number of nitrogens with zero attached hydrogens (tertiary/aromatic N) is 1. The Balaban J connectivity index is 1.09. The molecular weight excluding hydrogens is 771 g/mol. The Morgan fingerprint density at radius 1 is 0.406 bits per heavy atom. The van der Waals surface area contributed by atoms with Crippen molar-refractivity contribution >= 4 is 17.1 Å². The molecule has 8 aromatic rings. The fraction of sp³-hybridized carbons (Fsp3) is 0.238. The molecule has 0 saturated heterocycles. The Labute approximate surface area is 379 Å². The zero-order valence-corrected chi connectivity index (χ0v) is 37.3. The van der Waals surface area contributed by atoms with Crippen molar-refractivity contribution in [1.29, 1.82) is 0 Å². The van der Waals surface area contributed by atoms with Crippen LogP contribution in [0.1, 0.15) is 96.9 Å². The van der Waals surface area contributed by atoms with Crippen LogP contribution in [0.5, 0.6) is 0 Å². The zero-order chi connectivity index (χ0) is 42.8. The van der Waals surface area contributed by atoms with Gasteiger partial charge < -0.3 is 4.90 Å². The molecule has 6 aliphatic rings. The summed E-state index contributed by atoms with van der Waals surface area (Å²) in [6, 6.07) is 72.0. The summed E-state index contributed by atoms with van der Waals surface area (Å²) < 4.78 is 0. The normalized spacial score (nSPS) is 22.4. The van der Waals surface area contributed by atoms with Gasteiger partial charge in [-0.3, -0.25) is 0 Å². The maximum absolute atomic E-state index is 2.66. The van der Waals surface area contributed by atoms with E-state index in [1.54, 1.807) is 5.56 Å². The Kier molecular flexibility index (Phi) is 8.34. The summed E-state index contributed by atoms with van der Waals surface area (Å²) in [6.07, 6.45) is 8.39. The third-order valence-electron chi connectivity index (χ3n) is 16.8. The molecule has 6 aliphatic carbocycles. The lowest BCUT2D eigenvalue weighted by Gasteiger charge is -2.57. The number of benzene rings is 8. The van der Waals surface area contributed by atoms with E-state index < -0.39 is 5.41 Å². The second kappa shape index (κ2) is 14.0. The first-order chi connectivity index (χ1) is 31.3. The summed E-state index contributed by atoms with van der Waals surface area (Å²) >= 11 is 0. The molecule has 1 heteroatoms. The molecule has 4 bridgehead atoms. The van der Waals surface area contributed by atoms with Crippen LogP contribution in [0, 0.1) is 24.7 Å². The summed E-state index contributed by atoms with van der Waals surface area (Å²) in [6.45, 7) is 7.23. The molecule has 4 fully saturated rings. The van der Waals surface area contributed by atoms with Crippen LogP contribution >= 0.6 is 0 Å². The van der Waals surface area contributed by atoms with E-state index in [-0.39, 0.29) is 10.8 Å². The zero-order valence-electron chi connectivity index (χ0n) is 37.3. The molecule has 0 aromatic heterocycles. The average Bonchev–Trinajstić information content (AvgIpc) is 3.75. The fourth-order valence-electron chi connectivity index (χ4n) is 14.5. The van der Waals surface area contributed by atoms with E-state index in [1.165, 1.54) is 128 Å². The molecule has 4 saturated carbocycles. The van der Waals surface area contributed by atoms with E-state index in [2.05, 4.69) is 214 Å². The van der Waals surface area contributed by atoms with Crippen LogP contribution in [0.4, 0.5) is 17.1 Å². The second-order valence-corrected chi connectivity index (χ2v) is 20.7. The predicted molar refractivity (Wildman–Crippen MR) is 266 cm³/mol. The summed E-state index contributed by atoms with van der Waals surface area (Å²) in [5, 5.41) is 0. The van der Waals surface area contributed by atoms with Gasteiger partial charge in [0.2, 0.25) is 0 Å². The molecule has 0 radical (unpaired) electrons. The van der Waals surface area contributed by atoms with E-state index in [9.17, 15) is 0 Å². The third kappa shape index (κ3) is 5.43. The van der Waals surface area contributed by atoms with Crippen molar-refractivity contribution in [3.8, 4) is 33.4 Å². The lowest BCUT2D eigenvalue weighted by atomic mass is 9.48. The second-order valence-electron chi connectivity index (χ2n) is 20.7. The quantitative estimate of drug-likeness (QED) is 0.155. The van der Waals surface area contributed by atoms with Gasteiger partial charge in [-0.2, -0.15) is 0 Å². The molecule has 1 nitrogen and oxygen atoms in total. The van der Waals surface area contributed by atoms with Crippen molar-refractivity contribution in [3.63, 3.8) is 0 Å². The minimum absolute atomic E-state index is 0.136. The molecule has 14 rings (SSSR count). The highest BCUT2D eigenvalue weighted by molar-refractivity contribution is 5.95. The lowest BCUT2D eigenvalue weighted by molar-refractivity contribution is -0.00518. The Bertz CT molecular complexity index is 3040. The minimum atomic E-state index is -0.503. The van der Waals surface area contributed by atoms with Gasteiger partial charge in [-0.1, -0.05) is 172 Å². The van der Waals surface area contributed by atoms with Crippen molar-refractivity contribution in [2.75, 3.05) is 4.90 Å². The van der Waals surface area contributed by atoms with Crippen molar-refractivity contribution in [2.45, 2.75) is 75.5 Å². The van der Waals surface area contributed by atoms with Crippen molar-refractivity contribution in [1.82, 2.24) is 0 Å². The summed E-state index contributed by atoms with van der Waals surface area (Å²) in [4.78, 5) is 2.64. The maximum atomic E-state index is 2.66. The van der Waals surface area contributed by atoms with Crippen molar-refractivity contribution in [3.05, 3.63) is 233 Å². The standard InChI is InChI=1S/C63H55N/c1-41-31-48(62-38-42-32-43(39-62)34-44(33-42)40-62)35-55(45-17-7-4-8-18-45)60(41)64(49-27-29-53-51-23-13-15-25-56(51)61(2,3)58(53)36-49)50-28-30-54-52-24-14-16-26-57(52)63(59(54)37-50,46-19-9-5-10-20-46)47-21-11-6-12-22-47/h4-31,35-37,42-44H,32-34,38-40H2,1-3H3. The molecule has 0 heterocycles. The van der Waals surface area contributed by atoms with Crippen LogP contribution in [0.3, 0.4) is 0 Å². The van der Waals surface area contributed by atoms with Gasteiger partial charge in [0.25, 0.3) is 0 Å². The predicted octanol–water partition coefficient (Wildman–Crippen LogP) is 16.3. The van der Waals surface area contributed by atoms with Crippen LogP contribution in [-0.2, 0) is 16.2 Å². The van der Waals surface area contributed by atoms with Gasteiger partial charge in [-0.05, 0) is 171 Å². The first-order valence-corrected chi connectivity index (χ1v) is 23.9. The lowest BCUT2D eigenvalue weighted by Crippen LogP contribution is -2.48. The van der Waals surface area contributed by atoms with E-state index in [1.807, 2.05) is 0 Å². The maximum Gasteiger partial charge on any atom is 0.0714 e. The van der Waals surface area contributed by atoms with Gasteiger partial charge in [0, 0.05) is 22.4 Å². The molecule has 312 valence electrons. The smallest absolute Gasteiger partial charge is 0.0714 e. The van der Waals surface area contributed by atoms with Crippen LogP contribution < -0.4 is 4.90 Å². The highest BCUT2D eigenvalue weighted by atomic mass is 15.1. The largest absolute Gasteiger partial charge is 0.310 e. The van der Waals surface area contributed by atoms with Gasteiger partial charge in [-0.25, -0.2) is 0 Å². The van der Waals surface area contributed by atoms with Gasteiger partial charge in [0.1, 0.15) is 0 Å². The summed E-state index contributed by atoms with van der Waals surface area (Å²) in [5.74, 6) is 2.64. The number of aryl methyl sites for hydroxylation is 1. The Morgan fingerprint density at radius 2 is 0.875 bits per heavy atom. The van der Waals surface area contributed by atoms with Crippen LogP contribution in [0.25, 0.3) is 33.4 Å². The number of hydrogen-bond acceptors (Lipinski definition) is 1. The fourth-order valence-corrected chi connectivity index (χ4v) is 14.5. The highest BCUT2D eigenvalue weighted by Crippen LogP contribution is 2.63. The molecule has 0 N–H and O–H groups in total. The van der Waals surface area contributed by atoms with Gasteiger partial charge in [-0.15, -0.1) is 0 Å². The Morgan fingerprint density at radius 3 is 1.47 bits per heavy atom. The van der Waals surface area contributed by atoms with Crippen molar-refractivity contribution in [2.24, 2.45) is 17.8 Å². The first-order valence-electron chi connectivity index (χ1n) is 23.9. The van der Waals surface area contributed by atoms with E-state index in [0.29, 0.717) is 0 Å². The van der Waals surface area contributed by atoms with E-state index in [4.69, 9.17) is 0 Å². The molecule has 64 heavy (non-hydrogen) atoms. The van der Waals surface area contributed by atoms with Crippen molar-refractivity contribution < 1.29 is 0 Å². The molecule has 0 spiro atoms. The molecule has 0 amide bonds. The average molecular weight is 826 g/mol. The summed E-state index contributed by atoms with van der Waals surface area (Å²) in [7, 11) is 0. The minimum Gasteiger partial charge on any atom is -0.310 e. The topological polar surface area (TPSA) is 3.24 Å². The SMILES string of the molecule is Cc1cc(C23CC4CC(CC(C4)C2)C3)cc(-c2ccccc2)c1N(c1ccc2c(c1)C(C)(C)c1ccccc1-2)c1ccc2c(c1)C(c1ccccc1)(c1ccccc1)c1ccccc1-2. The van der Waals surface area contributed by atoms with Crippen LogP contribution in [0.2, 0.25) is 0 Å². The van der Waals surface area contributed by atoms with E-state index >= 15 is 0 Å². The van der Waals surface area contributed by atoms with Crippen LogP contribution in [-0.4, -0.2) is 0 Å². The van der Waals surface area contributed by atoms with E-state index in [0.717, 1.165) is 17.8 Å². The monoisotopic (exact) mass is 825 g/mol. The molecule has 0 aliphatic heterocycles. The molecule has 8 aromatic carbocycles. The number of fused-ring (bicyclic) bond motifs is 6.